The molecule has 1 aromatic heterocycles. The quantitative estimate of drug-likeness (QED) is 0.880. The molecule has 4 nitrogen and oxygen atoms in total. The molecule has 3 rings (SSSR count). The van der Waals surface area contributed by atoms with Crippen molar-refractivity contribution in [3.63, 3.8) is 0 Å². The summed E-state index contributed by atoms with van der Waals surface area (Å²) in [4.78, 5) is 0. The van der Waals surface area contributed by atoms with Crippen LogP contribution in [0, 0.1) is 12.7 Å². The van der Waals surface area contributed by atoms with Crippen LogP contribution in [-0.4, -0.2) is 27.9 Å². The molecule has 1 N–H and O–H groups in total. The standard InChI is InChI=1S/C13H15FN4/c1-9-16-17-13(10-2-4-11(14)5-3-10)18(9)12-6-7-15-8-12/h2-5,12,15H,6-8H2,1H3. The van der Waals surface area contributed by atoms with Gasteiger partial charge in [-0.2, -0.15) is 0 Å². The first-order valence-corrected chi connectivity index (χ1v) is 6.14. The highest BCUT2D eigenvalue weighted by molar-refractivity contribution is 5.55. The first kappa shape index (κ1) is 11.3. The largest absolute Gasteiger partial charge is 0.315 e. The van der Waals surface area contributed by atoms with Crippen molar-refractivity contribution in [3.05, 3.63) is 35.9 Å². The van der Waals surface area contributed by atoms with Crippen LogP contribution in [0.5, 0.6) is 0 Å². The van der Waals surface area contributed by atoms with E-state index in [0.29, 0.717) is 6.04 Å². The summed E-state index contributed by atoms with van der Waals surface area (Å²) in [7, 11) is 0. The Bertz CT molecular complexity index is 541. The number of halogens is 1. The van der Waals surface area contributed by atoms with E-state index in [0.717, 1.165) is 36.7 Å². The van der Waals surface area contributed by atoms with Gasteiger partial charge in [0.15, 0.2) is 5.82 Å². The van der Waals surface area contributed by atoms with Crippen molar-refractivity contribution < 1.29 is 4.39 Å². The number of aryl methyl sites for hydroxylation is 1. The highest BCUT2D eigenvalue weighted by Crippen LogP contribution is 2.25. The number of rotatable bonds is 2. The van der Waals surface area contributed by atoms with Gasteiger partial charge in [-0.3, -0.25) is 0 Å². The molecule has 18 heavy (non-hydrogen) atoms. The summed E-state index contributed by atoms with van der Waals surface area (Å²) < 4.78 is 15.1. The van der Waals surface area contributed by atoms with E-state index in [2.05, 4.69) is 20.1 Å². The van der Waals surface area contributed by atoms with Crippen LogP contribution < -0.4 is 5.32 Å². The minimum Gasteiger partial charge on any atom is -0.315 e. The van der Waals surface area contributed by atoms with E-state index < -0.39 is 0 Å². The van der Waals surface area contributed by atoms with Crippen molar-refractivity contribution in [2.45, 2.75) is 19.4 Å². The molecule has 94 valence electrons. The molecule has 1 unspecified atom stereocenters. The molecule has 1 fully saturated rings. The highest BCUT2D eigenvalue weighted by Gasteiger charge is 2.22. The third kappa shape index (κ3) is 1.90. The maximum atomic E-state index is 13.0. The molecule has 5 heteroatoms. The van der Waals surface area contributed by atoms with Crippen molar-refractivity contribution in [1.82, 2.24) is 20.1 Å². The fraction of sp³-hybridized carbons (Fsp3) is 0.385. The summed E-state index contributed by atoms with van der Waals surface area (Å²) in [5, 5.41) is 11.7. The fourth-order valence-corrected chi connectivity index (χ4v) is 2.46. The molecule has 1 saturated heterocycles. The Hall–Kier alpha value is -1.75. The topological polar surface area (TPSA) is 42.7 Å². The number of aromatic nitrogens is 3. The smallest absolute Gasteiger partial charge is 0.164 e. The zero-order valence-electron chi connectivity index (χ0n) is 10.2. The molecule has 0 spiro atoms. The molecule has 1 aromatic carbocycles. The lowest BCUT2D eigenvalue weighted by Crippen LogP contribution is -2.15. The van der Waals surface area contributed by atoms with Crippen LogP contribution in [0.2, 0.25) is 0 Å². The molecule has 0 aliphatic carbocycles. The summed E-state index contributed by atoms with van der Waals surface area (Å²) in [6.07, 6.45) is 1.08. The lowest BCUT2D eigenvalue weighted by molar-refractivity contribution is 0.537. The summed E-state index contributed by atoms with van der Waals surface area (Å²) in [6, 6.07) is 6.79. The van der Waals surface area contributed by atoms with Gasteiger partial charge in [0, 0.05) is 12.1 Å². The monoisotopic (exact) mass is 246 g/mol. The maximum Gasteiger partial charge on any atom is 0.164 e. The molecular weight excluding hydrogens is 231 g/mol. The second-order valence-corrected chi connectivity index (χ2v) is 4.59. The van der Waals surface area contributed by atoms with E-state index in [1.165, 1.54) is 12.1 Å². The van der Waals surface area contributed by atoms with Gasteiger partial charge in [0.1, 0.15) is 11.6 Å². The first-order valence-electron chi connectivity index (χ1n) is 6.14. The fourth-order valence-electron chi connectivity index (χ4n) is 2.46. The Balaban J connectivity index is 2.04. The van der Waals surface area contributed by atoms with Crippen LogP contribution in [0.25, 0.3) is 11.4 Å². The SMILES string of the molecule is Cc1nnc(-c2ccc(F)cc2)n1C1CCNC1. The van der Waals surface area contributed by atoms with E-state index in [-0.39, 0.29) is 5.82 Å². The molecule has 0 bridgehead atoms. The maximum absolute atomic E-state index is 13.0. The summed E-state index contributed by atoms with van der Waals surface area (Å²) in [5.41, 5.74) is 0.906. The van der Waals surface area contributed by atoms with Gasteiger partial charge in [-0.15, -0.1) is 10.2 Å². The molecule has 0 saturated carbocycles. The van der Waals surface area contributed by atoms with Crippen molar-refractivity contribution in [1.29, 1.82) is 0 Å². The van der Waals surface area contributed by atoms with Crippen LogP contribution in [0.1, 0.15) is 18.3 Å². The average molecular weight is 246 g/mol. The van der Waals surface area contributed by atoms with Crippen LogP contribution in [-0.2, 0) is 0 Å². The summed E-state index contributed by atoms with van der Waals surface area (Å²) in [5.74, 6) is 1.49. The van der Waals surface area contributed by atoms with Crippen molar-refractivity contribution in [2.75, 3.05) is 13.1 Å². The second kappa shape index (κ2) is 4.49. The van der Waals surface area contributed by atoms with Crippen LogP contribution in [0.15, 0.2) is 24.3 Å². The van der Waals surface area contributed by atoms with E-state index in [4.69, 9.17) is 0 Å². The van der Waals surface area contributed by atoms with Gasteiger partial charge in [-0.1, -0.05) is 0 Å². The Morgan fingerprint density at radius 2 is 2.06 bits per heavy atom. The van der Waals surface area contributed by atoms with Gasteiger partial charge >= 0.3 is 0 Å². The van der Waals surface area contributed by atoms with Gasteiger partial charge in [-0.25, -0.2) is 4.39 Å². The predicted molar refractivity (Wildman–Crippen MR) is 66.7 cm³/mol. The minimum atomic E-state index is -0.232. The summed E-state index contributed by atoms with van der Waals surface area (Å²) >= 11 is 0. The van der Waals surface area contributed by atoms with Gasteiger partial charge in [-0.05, 0) is 44.2 Å². The van der Waals surface area contributed by atoms with Gasteiger partial charge < -0.3 is 9.88 Å². The number of hydrogen-bond acceptors (Lipinski definition) is 3. The Morgan fingerprint density at radius 3 is 2.72 bits per heavy atom. The molecule has 0 amide bonds. The van der Waals surface area contributed by atoms with Gasteiger partial charge in [0.25, 0.3) is 0 Å². The average Bonchev–Trinajstić information content (AvgIpc) is 2.99. The van der Waals surface area contributed by atoms with Crippen LogP contribution in [0.3, 0.4) is 0 Å². The van der Waals surface area contributed by atoms with E-state index in [1.54, 1.807) is 12.1 Å². The molecular formula is C13H15FN4. The Morgan fingerprint density at radius 1 is 1.28 bits per heavy atom. The van der Waals surface area contributed by atoms with Crippen molar-refractivity contribution >= 4 is 0 Å². The lowest BCUT2D eigenvalue weighted by Gasteiger charge is -2.15. The molecule has 0 radical (unpaired) electrons. The Labute approximate surface area is 105 Å². The number of benzene rings is 1. The lowest BCUT2D eigenvalue weighted by atomic mass is 10.2. The third-order valence-electron chi connectivity index (χ3n) is 3.37. The van der Waals surface area contributed by atoms with Crippen molar-refractivity contribution in [3.8, 4) is 11.4 Å². The minimum absolute atomic E-state index is 0.232. The number of hydrogen-bond donors (Lipinski definition) is 1. The third-order valence-corrected chi connectivity index (χ3v) is 3.37. The zero-order chi connectivity index (χ0) is 12.5. The van der Waals surface area contributed by atoms with Crippen molar-refractivity contribution in [2.24, 2.45) is 0 Å². The van der Waals surface area contributed by atoms with E-state index >= 15 is 0 Å². The van der Waals surface area contributed by atoms with Crippen LogP contribution >= 0.6 is 0 Å². The van der Waals surface area contributed by atoms with Gasteiger partial charge in [0.05, 0.1) is 6.04 Å². The van der Waals surface area contributed by atoms with E-state index in [9.17, 15) is 4.39 Å². The zero-order valence-corrected chi connectivity index (χ0v) is 10.2. The van der Waals surface area contributed by atoms with E-state index in [1.807, 2.05) is 6.92 Å². The van der Waals surface area contributed by atoms with Crippen LogP contribution in [0.4, 0.5) is 4.39 Å². The molecule has 2 heterocycles. The van der Waals surface area contributed by atoms with Gasteiger partial charge in [0.2, 0.25) is 0 Å². The summed E-state index contributed by atoms with van der Waals surface area (Å²) in [6.45, 7) is 3.91. The number of nitrogens with one attached hydrogen (secondary N) is 1. The predicted octanol–water partition coefficient (Wildman–Crippen LogP) is 1.93. The second-order valence-electron chi connectivity index (χ2n) is 4.59. The highest BCUT2D eigenvalue weighted by atomic mass is 19.1. The molecule has 1 aliphatic rings. The molecule has 1 aliphatic heterocycles. The molecule has 2 aromatic rings. The first-order chi connectivity index (χ1) is 8.75. The normalized spacial score (nSPS) is 19.3. The number of nitrogens with zero attached hydrogens (tertiary/aromatic N) is 3. The Kier molecular flexibility index (Phi) is 2.83. The molecule has 1 atom stereocenters.